The Morgan fingerprint density at radius 3 is 2.72 bits per heavy atom. The van der Waals surface area contributed by atoms with Crippen molar-refractivity contribution in [1.29, 1.82) is 0 Å². The summed E-state index contributed by atoms with van der Waals surface area (Å²) in [5.74, 6) is 2.04. The van der Waals surface area contributed by atoms with Crippen molar-refractivity contribution in [3.8, 4) is 5.88 Å². The molecule has 1 rings (SSSR count). The van der Waals surface area contributed by atoms with Gasteiger partial charge in [0.25, 0.3) is 0 Å². The third-order valence-electron chi connectivity index (χ3n) is 2.64. The van der Waals surface area contributed by atoms with E-state index in [4.69, 9.17) is 9.84 Å². The van der Waals surface area contributed by atoms with Crippen molar-refractivity contribution in [2.75, 3.05) is 25.1 Å². The molecule has 5 nitrogen and oxygen atoms in total. The minimum absolute atomic E-state index is 0.0272. The number of ether oxygens (including phenoxy) is 1. The molecule has 0 amide bonds. The standard InChI is InChI=1S/C13H23N3O2/c1-5-18-12-8-11(15-10(2)16-12)14-9-13(3,4)6-7-17/h8,17H,5-7,9H2,1-4H3,(H,14,15,16). The molecule has 0 saturated carbocycles. The van der Waals surface area contributed by atoms with Gasteiger partial charge in [0.05, 0.1) is 6.61 Å². The molecule has 1 aromatic rings. The van der Waals surface area contributed by atoms with Crippen LogP contribution in [0.1, 0.15) is 33.0 Å². The molecule has 5 heteroatoms. The summed E-state index contributed by atoms with van der Waals surface area (Å²) in [6, 6.07) is 1.80. The van der Waals surface area contributed by atoms with E-state index in [9.17, 15) is 0 Å². The van der Waals surface area contributed by atoms with Gasteiger partial charge in [0.2, 0.25) is 5.88 Å². The van der Waals surface area contributed by atoms with E-state index in [2.05, 4.69) is 29.1 Å². The SMILES string of the molecule is CCOc1cc(NCC(C)(C)CCO)nc(C)n1. The second-order valence-electron chi connectivity index (χ2n) is 5.06. The maximum Gasteiger partial charge on any atom is 0.218 e. The van der Waals surface area contributed by atoms with E-state index in [0.29, 0.717) is 18.3 Å². The fraction of sp³-hybridized carbons (Fsp3) is 0.692. The molecule has 1 aromatic heterocycles. The van der Waals surface area contributed by atoms with Gasteiger partial charge in [-0.05, 0) is 25.7 Å². The molecular weight excluding hydrogens is 230 g/mol. The van der Waals surface area contributed by atoms with E-state index < -0.39 is 0 Å². The van der Waals surface area contributed by atoms with Gasteiger partial charge in [-0.25, -0.2) is 4.98 Å². The number of aliphatic hydroxyl groups is 1. The van der Waals surface area contributed by atoms with Gasteiger partial charge in [-0.2, -0.15) is 4.98 Å². The summed E-state index contributed by atoms with van der Waals surface area (Å²) in [7, 11) is 0. The van der Waals surface area contributed by atoms with Crippen LogP contribution < -0.4 is 10.1 Å². The first-order valence-corrected chi connectivity index (χ1v) is 6.30. The molecule has 0 saturated heterocycles. The highest BCUT2D eigenvalue weighted by Gasteiger charge is 2.17. The van der Waals surface area contributed by atoms with Crippen LogP contribution in [0.15, 0.2) is 6.07 Å². The molecule has 0 bridgehead atoms. The highest BCUT2D eigenvalue weighted by molar-refractivity contribution is 5.38. The number of rotatable bonds is 7. The second kappa shape index (κ2) is 6.54. The van der Waals surface area contributed by atoms with Crippen molar-refractivity contribution in [3.05, 3.63) is 11.9 Å². The van der Waals surface area contributed by atoms with Crippen LogP contribution in [0, 0.1) is 12.3 Å². The lowest BCUT2D eigenvalue weighted by atomic mass is 9.90. The molecule has 1 heterocycles. The van der Waals surface area contributed by atoms with Gasteiger partial charge in [-0.3, -0.25) is 0 Å². The van der Waals surface area contributed by atoms with Crippen molar-refractivity contribution < 1.29 is 9.84 Å². The van der Waals surface area contributed by atoms with Gasteiger partial charge in [0.15, 0.2) is 0 Å². The average Bonchev–Trinajstić information content (AvgIpc) is 2.26. The lowest BCUT2D eigenvalue weighted by molar-refractivity contribution is 0.220. The Balaban J connectivity index is 2.66. The number of hydrogen-bond acceptors (Lipinski definition) is 5. The van der Waals surface area contributed by atoms with Gasteiger partial charge in [0, 0.05) is 19.2 Å². The summed E-state index contributed by atoms with van der Waals surface area (Å²) >= 11 is 0. The quantitative estimate of drug-likeness (QED) is 0.778. The zero-order chi connectivity index (χ0) is 13.6. The summed E-state index contributed by atoms with van der Waals surface area (Å²) in [4.78, 5) is 8.51. The molecule has 0 unspecified atom stereocenters. The van der Waals surface area contributed by atoms with Crippen LogP contribution in [-0.2, 0) is 0 Å². The topological polar surface area (TPSA) is 67.3 Å². The zero-order valence-electron chi connectivity index (χ0n) is 11.7. The Bertz CT molecular complexity index is 380. The largest absolute Gasteiger partial charge is 0.478 e. The van der Waals surface area contributed by atoms with Crippen LogP contribution in [0.5, 0.6) is 5.88 Å². The van der Waals surface area contributed by atoms with Crippen molar-refractivity contribution in [2.45, 2.75) is 34.1 Å². The van der Waals surface area contributed by atoms with Crippen LogP contribution >= 0.6 is 0 Å². The van der Waals surface area contributed by atoms with Crippen LogP contribution in [-0.4, -0.2) is 34.8 Å². The first kappa shape index (κ1) is 14.7. The van der Waals surface area contributed by atoms with Crippen molar-refractivity contribution >= 4 is 5.82 Å². The molecule has 102 valence electrons. The number of anilines is 1. The van der Waals surface area contributed by atoms with E-state index >= 15 is 0 Å². The molecule has 0 spiro atoms. The number of aliphatic hydroxyl groups excluding tert-OH is 1. The molecule has 0 radical (unpaired) electrons. The Morgan fingerprint density at radius 2 is 2.11 bits per heavy atom. The number of nitrogens with one attached hydrogen (secondary N) is 1. The van der Waals surface area contributed by atoms with Crippen molar-refractivity contribution in [2.24, 2.45) is 5.41 Å². The molecular formula is C13H23N3O2. The molecule has 2 N–H and O–H groups in total. The van der Waals surface area contributed by atoms with Gasteiger partial charge >= 0.3 is 0 Å². The highest BCUT2D eigenvalue weighted by Crippen LogP contribution is 2.21. The third kappa shape index (κ3) is 4.87. The first-order chi connectivity index (χ1) is 8.46. The number of hydrogen-bond donors (Lipinski definition) is 2. The maximum absolute atomic E-state index is 8.98. The van der Waals surface area contributed by atoms with Gasteiger partial charge in [-0.1, -0.05) is 13.8 Å². The molecule has 0 aliphatic rings. The molecule has 0 atom stereocenters. The summed E-state index contributed by atoms with van der Waals surface area (Å²) in [6.45, 7) is 9.51. The third-order valence-corrected chi connectivity index (χ3v) is 2.64. The Kier molecular flexibility index (Phi) is 5.34. The van der Waals surface area contributed by atoms with E-state index in [1.165, 1.54) is 0 Å². The molecule has 0 aromatic carbocycles. The fourth-order valence-corrected chi connectivity index (χ4v) is 1.57. The van der Waals surface area contributed by atoms with Gasteiger partial charge < -0.3 is 15.2 Å². The summed E-state index contributed by atoms with van der Waals surface area (Å²) < 4.78 is 5.38. The minimum atomic E-state index is 0.0272. The van der Waals surface area contributed by atoms with Gasteiger partial charge in [0.1, 0.15) is 11.6 Å². The molecule has 18 heavy (non-hydrogen) atoms. The lowest BCUT2D eigenvalue weighted by Gasteiger charge is -2.24. The first-order valence-electron chi connectivity index (χ1n) is 6.30. The van der Waals surface area contributed by atoms with Crippen LogP contribution in [0.4, 0.5) is 5.82 Å². The van der Waals surface area contributed by atoms with Crippen LogP contribution in [0.2, 0.25) is 0 Å². The Morgan fingerprint density at radius 1 is 1.39 bits per heavy atom. The van der Waals surface area contributed by atoms with E-state index in [1.807, 2.05) is 13.8 Å². The monoisotopic (exact) mass is 253 g/mol. The van der Waals surface area contributed by atoms with Gasteiger partial charge in [-0.15, -0.1) is 0 Å². The smallest absolute Gasteiger partial charge is 0.218 e. The number of nitrogens with zero attached hydrogens (tertiary/aromatic N) is 2. The van der Waals surface area contributed by atoms with Crippen LogP contribution in [0.25, 0.3) is 0 Å². The van der Waals surface area contributed by atoms with Crippen molar-refractivity contribution in [3.63, 3.8) is 0 Å². The lowest BCUT2D eigenvalue weighted by Crippen LogP contribution is -2.24. The predicted molar refractivity (Wildman–Crippen MR) is 71.9 cm³/mol. The summed E-state index contributed by atoms with van der Waals surface area (Å²) in [5, 5.41) is 12.3. The van der Waals surface area contributed by atoms with E-state index in [-0.39, 0.29) is 12.0 Å². The highest BCUT2D eigenvalue weighted by atomic mass is 16.5. The van der Waals surface area contributed by atoms with Crippen LogP contribution in [0.3, 0.4) is 0 Å². The summed E-state index contributed by atoms with van der Waals surface area (Å²) in [5.41, 5.74) is 0.0272. The molecule has 0 aliphatic heterocycles. The average molecular weight is 253 g/mol. The molecule has 0 fully saturated rings. The van der Waals surface area contributed by atoms with E-state index in [1.54, 1.807) is 6.07 Å². The van der Waals surface area contributed by atoms with E-state index in [0.717, 1.165) is 18.8 Å². The fourth-order valence-electron chi connectivity index (χ4n) is 1.57. The normalized spacial score (nSPS) is 11.4. The second-order valence-corrected chi connectivity index (χ2v) is 5.06. The van der Waals surface area contributed by atoms with Crippen molar-refractivity contribution in [1.82, 2.24) is 9.97 Å². The Labute approximate surface area is 109 Å². The predicted octanol–water partition coefficient (Wildman–Crippen LogP) is 2.00. The summed E-state index contributed by atoms with van der Waals surface area (Å²) in [6.07, 6.45) is 0.752. The zero-order valence-corrected chi connectivity index (χ0v) is 11.7. The number of aromatic nitrogens is 2. The minimum Gasteiger partial charge on any atom is -0.478 e. The Hall–Kier alpha value is -1.36. The number of aryl methyl sites for hydroxylation is 1. The molecule has 0 aliphatic carbocycles. The maximum atomic E-state index is 8.98.